The molecule has 1 aromatic carbocycles. The Hall–Kier alpha value is -3.21. The summed E-state index contributed by atoms with van der Waals surface area (Å²) in [6.45, 7) is 3.23. The summed E-state index contributed by atoms with van der Waals surface area (Å²) in [6, 6.07) is 6.55. The van der Waals surface area contributed by atoms with Gasteiger partial charge in [-0.3, -0.25) is 14.3 Å². The number of hydrogen-bond acceptors (Lipinski definition) is 6. The van der Waals surface area contributed by atoms with Crippen LogP contribution in [0.1, 0.15) is 27.5 Å². The summed E-state index contributed by atoms with van der Waals surface area (Å²) in [5, 5.41) is 8.35. The average Bonchev–Trinajstić information content (AvgIpc) is 3.32. The molecule has 164 valence electrons. The molecule has 0 aliphatic heterocycles. The van der Waals surface area contributed by atoms with Crippen LogP contribution in [0.4, 0.5) is 18.9 Å². The highest BCUT2D eigenvalue weighted by Crippen LogP contribution is 2.27. The zero-order valence-electron chi connectivity index (χ0n) is 16.7. The van der Waals surface area contributed by atoms with Crippen LogP contribution in [0.25, 0.3) is 0 Å². The number of halogens is 3. The molecule has 1 N–H and O–H groups in total. The molecule has 31 heavy (non-hydrogen) atoms. The molecule has 0 aliphatic rings. The number of rotatable bonds is 7. The van der Waals surface area contributed by atoms with Gasteiger partial charge in [-0.15, -0.1) is 11.3 Å². The molecule has 1 amide bonds. The maximum Gasteiger partial charge on any atom is 0.435 e. The van der Waals surface area contributed by atoms with Crippen molar-refractivity contribution >= 4 is 28.9 Å². The lowest BCUT2D eigenvalue weighted by molar-refractivity contribution is -0.147. The number of alkyl halides is 3. The van der Waals surface area contributed by atoms with Crippen molar-refractivity contribution in [2.45, 2.75) is 39.6 Å². The van der Waals surface area contributed by atoms with E-state index in [4.69, 9.17) is 4.74 Å². The van der Waals surface area contributed by atoms with Gasteiger partial charge in [0.15, 0.2) is 5.69 Å². The Kier molecular flexibility index (Phi) is 6.74. The van der Waals surface area contributed by atoms with E-state index in [2.05, 4.69) is 15.4 Å². The Balaban J connectivity index is 1.48. The molecular formula is C20H19F3N4O3S. The summed E-state index contributed by atoms with van der Waals surface area (Å²) in [4.78, 5) is 28.4. The van der Waals surface area contributed by atoms with Crippen LogP contribution in [0.2, 0.25) is 0 Å². The van der Waals surface area contributed by atoms with Crippen molar-refractivity contribution in [1.82, 2.24) is 14.8 Å². The topological polar surface area (TPSA) is 86.1 Å². The first-order valence-corrected chi connectivity index (χ1v) is 10.0. The van der Waals surface area contributed by atoms with Crippen molar-refractivity contribution in [3.8, 4) is 0 Å². The van der Waals surface area contributed by atoms with Crippen molar-refractivity contribution in [3.05, 3.63) is 63.4 Å². The van der Waals surface area contributed by atoms with Gasteiger partial charge in [-0.1, -0.05) is 12.1 Å². The van der Waals surface area contributed by atoms with Crippen LogP contribution in [0.3, 0.4) is 0 Å². The van der Waals surface area contributed by atoms with Crippen molar-refractivity contribution in [1.29, 1.82) is 0 Å². The summed E-state index contributed by atoms with van der Waals surface area (Å²) in [6.07, 6.45) is -3.45. The first kappa shape index (κ1) is 22.5. The molecule has 0 saturated carbocycles. The van der Waals surface area contributed by atoms with E-state index in [1.165, 1.54) is 11.3 Å². The Bertz CT molecular complexity index is 1090. The predicted molar refractivity (Wildman–Crippen MR) is 107 cm³/mol. The fourth-order valence-electron chi connectivity index (χ4n) is 2.63. The number of esters is 1. The van der Waals surface area contributed by atoms with E-state index < -0.39 is 24.4 Å². The van der Waals surface area contributed by atoms with Gasteiger partial charge in [0.05, 0.1) is 12.1 Å². The lowest BCUT2D eigenvalue weighted by Crippen LogP contribution is -2.16. The van der Waals surface area contributed by atoms with Crippen LogP contribution < -0.4 is 5.32 Å². The lowest BCUT2D eigenvalue weighted by Gasteiger charge is -2.08. The molecule has 0 atom stereocenters. The third kappa shape index (κ3) is 6.38. The molecule has 0 aliphatic carbocycles. The number of amides is 1. The van der Waals surface area contributed by atoms with Crippen molar-refractivity contribution in [3.63, 3.8) is 0 Å². The van der Waals surface area contributed by atoms with Gasteiger partial charge < -0.3 is 10.1 Å². The molecule has 3 aromatic rings. The summed E-state index contributed by atoms with van der Waals surface area (Å²) in [7, 11) is 0. The third-order valence-corrected chi connectivity index (χ3v) is 5.08. The van der Waals surface area contributed by atoms with E-state index in [0.29, 0.717) is 10.7 Å². The van der Waals surface area contributed by atoms with Crippen LogP contribution in [-0.4, -0.2) is 26.6 Å². The van der Waals surface area contributed by atoms with E-state index in [-0.39, 0.29) is 18.9 Å². The Morgan fingerprint density at radius 2 is 2.00 bits per heavy atom. The van der Waals surface area contributed by atoms with Gasteiger partial charge in [0, 0.05) is 17.3 Å². The molecule has 0 bridgehead atoms. The maximum atomic E-state index is 12.5. The normalized spacial score (nSPS) is 11.4. The van der Waals surface area contributed by atoms with E-state index in [9.17, 15) is 22.8 Å². The molecule has 0 radical (unpaired) electrons. The van der Waals surface area contributed by atoms with Crippen LogP contribution in [0.15, 0.2) is 35.8 Å². The molecule has 11 heteroatoms. The summed E-state index contributed by atoms with van der Waals surface area (Å²) in [5.74, 6) is -0.968. The monoisotopic (exact) mass is 452 g/mol. The number of nitrogens with one attached hydrogen (secondary N) is 1. The number of thiazole rings is 1. The second kappa shape index (κ2) is 9.29. The zero-order valence-corrected chi connectivity index (χ0v) is 17.5. The summed E-state index contributed by atoms with van der Waals surface area (Å²) in [5.41, 5.74) is 2.09. The number of benzene rings is 1. The second-order valence-corrected chi connectivity index (χ2v) is 7.78. The summed E-state index contributed by atoms with van der Waals surface area (Å²) < 4.78 is 43.5. The first-order valence-electron chi connectivity index (χ1n) is 9.17. The highest BCUT2D eigenvalue weighted by atomic mass is 32.1. The van der Waals surface area contributed by atoms with Crippen LogP contribution in [-0.2, 0) is 40.1 Å². The number of carbonyl (C=O) groups excluding carboxylic acids is 2. The Morgan fingerprint density at radius 3 is 2.71 bits per heavy atom. The lowest BCUT2D eigenvalue weighted by atomic mass is 10.1. The number of ether oxygens (including phenoxy) is 1. The first-order chi connectivity index (χ1) is 14.6. The Morgan fingerprint density at radius 1 is 1.23 bits per heavy atom. The zero-order chi connectivity index (χ0) is 22.6. The van der Waals surface area contributed by atoms with Crippen molar-refractivity contribution in [2.24, 2.45) is 0 Å². The molecular weight excluding hydrogens is 433 g/mol. The molecule has 2 heterocycles. The quantitative estimate of drug-likeness (QED) is 0.550. The van der Waals surface area contributed by atoms with Crippen LogP contribution in [0, 0.1) is 13.8 Å². The third-order valence-electron chi connectivity index (χ3n) is 4.18. The average molecular weight is 452 g/mol. The van der Waals surface area contributed by atoms with Gasteiger partial charge in [-0.25, -0.2) is 4.98 Å². The van der Waals surface area contributed by atoms with E-state index in [0.717, 1.165) is 33.8 Å². The van der Waals surface area contributed by atoms with Gasteiger partial charge in [-0.2, -0.15) is 18.3 Å². The maximum absolute atomic E-state index is 12.5. The number of nitrogens with zero attached hydrogens (tertiary/aromatic N) is 3. The minimum atomic E-state index is -4.57. The number of hydrogen-bond donors (Lipinski definition) is 1. The molecule has 7 nitrogen and oxygen atoms in total. The molecule has 0 saturated heterocycles. The number of anilines is 1. The second-order valence-electron chi connectivity index (χ2n) is 6.83. The van der Waals surface area contributed by atoms with Crippen LogP contribution in [0.5, 0.6) is 0 Å². The summed E-state index contributed by atoms with van der Waals surface area (Å²) >= 11 is 1.25. The molecule has 0 spiro atoms. The van der Waals surface area contributed by atoms with Gasteiger partial charge in [0.25, 0.3) is 0 Å². The van der Waals surface area contributed by atoms with E-state index in [1.807, 2.05) is 32.0 Å². The van der Waals surface area contributed by atoms with Crippen molar-refractivity contribution in [2.75, 3.05) is 5.32 Å². The van der Waals surface area contributed by atoms with Crippen LogP contribution >= 0.6 is 11.3 Å². The largest absolute Gasteiger partial charge is 0.458 e. The minimum absolute atomic E-state index is 0.0689. The molecule has 0 fully saturated rings. The SMILES string of the molecule is Cc1ccc(C)c(NC(=O)Cc2nc(COC(=O)Cn3ccc(C(F)(F)F)n3)cs2)c1. The van der Waals surface area contributed by atoms with Gasteiger partial charge in [0.2, 0.25) is 5.91 Å². The highest BCUT2D eigenvalue weighted by molar-refractivity contribution is 7.09. The number of carbonyl (C=O) groups is 2. The van der Waals surface area contributed by atoms with E-state index in [1.54, 1.807) is 5.38 Å². The minimum Gasteiger partial charge on any atom is -0.458 e. The molecule has 0 unspecified atom stereocenters. The highest BCUT2D eigenvalue weighted by Gasteiger charge is 2.33. The van der Waals surface area contributed by atoms with E-state index >= 15 is 0 Å². The fraction of sp³-hybridized carbons (Fsp3) is 0.300. The number of aromatic nitrogens is 3. The molecule has 2 aromatic heterocycles. The standard InChI is InChI=1S/C20H19F3N4O3S/c1-12-3-4-13(2)15(7-12)25-17(28)8-18-24-14(11-31-18)10-30-19(29)9-27-6-5-16(26-27)20(21,22)23/h3-7,11H,8-10H2,1-2H3,(H,25,28). The van der Waals surface area contributed by atoms with Gasteiger partial charge >= 0.3 is 12.1 Å². The predicted octanol–water partition coefficient (Wildman–Crippen LogP) is 3.90. The molecule has 3 rings (SSSR count). The van der Waals surface area contributed by atoms with Crippen molar-refractivity contribution < 1.29 is 27.5 Å². The fourth-order valence-corrected chi connectivity index (χ4v) is 3.41. The smallest absolute Gasteiger partial charge is 0.435 e. The Labute approximate surface area is 179 Å². The van der Waals surface area contributed by atoms with Gasteiger partial charge in [-0.05, 0) is 37.1 Å². The number of aryl methyl sites for hydroxylation is 2. The van der Waals surface area contributed by atoms with Gasteiger partial charge in [0.1, 0.15) is 18.2 Å².